The molecule has 0 saturated heterocycles. The van der Waals surface area contributed by atoms with Crippen molar-refractivity contribution in [3.05, 3.63) is 0 Å². The summed E-state index contributed by atoms with van der Waals surface area (Å²) in [5.41, 5.74) is 0. The largest absolute Gasteiger partial charge is 0.396 e. The van der Waals surface area contributed by atoms with E-state index in [9.17, 15) is 4.79 Å². The zero-order valence-electron chi connectivity index (χ0n) is 7.22. The lowest BCUT2D eigenvalue weighted by atomic mass is 10.4. The predicted molar refractivity (Wildman–Crippen MR) is 45.4 cm³/mol. The molecule has 1 N–H and O–H groups in total. The van der Waals surface area contributed by atoms with Gasteiger partial charge in [0.15, 0.2) is 0 Å². The molecule has 0 heterocycles. The molecule has 0 aromatic rings. The topological polar surface area (TPSA) is 40.5 Å². The minimum absolute atomic E-state index is 0.0589. The Hall–Kier alpha value is -1.45. The predicted octanol–water partition coefficient (Wildman–Crippen LogP) is 0.159. The molecule has 0 aliphatic heterocycles. The van der Waals surface area contributed by atoms with Gasteiger partial charge in [0.05, 0.1) is 13.0 Å². The summed E-state index contributed by atoms with van der Waals surface area (Å²) in [7, 11) is 0. The molecule has 0 bridgehead atoms. The SMILES string of the molecule is CC#CN(C#CC)C(=O)CCO. The van der Waals surface area contributed by atoms with E-state index >= 15 is 0 Å². The maximum atomic E-state index is 11.1. The molecule has 0 saturated carbocycles. The van der Waals surface area contributed by atoms with Crippen LogP contribution in [0, 0.1) is 23.9 Å². The van der Waals surface area contributed by atoms with Crippen LogP contribution in [-0.2, 0) is 4.79 Å². The fourth-order valence-corrected chi connectivity index (χ4v) is 0.584. The first-order chi connectivity index (χ1) is 5.76. The van der Waals surface area contributed by atoms with Crippen molar-refractivity contribution in [1.82, 2.24) is 4.90 Å². The van der Waals surface area contributed by atoms with Gasteiger partial charge < -0.3 is 5.11 Å². The summed E-state index contributed by atoms with van der Waals surface area (Å²) in [6, 6.07) is 5.03. The normalized spacial score (nSPS) is 7.25. The molecule has 0 aromatic carbocycles. The lowest BCUT2D eigenvalue weighted by Crippen LogP contribution is -2.21. The number of hydrogen-bond acceptors (Lipinski definition) is 2. The van der Waals surface area contributed by atoms with E-state index in [1.54, 1.807) is 13.8 Å². The molecule has 3 nitrogen and oxygen atoms in total. The fraction of sp³-hybridized carbons (Fsp3) is 0.444. The van der Waals surface area contributed by atoms with Gasteiger partial charge in [-0.1, -0.05) is 11.8 Å². The van der Waals surface area contributed by atoms with Crippen LogP contribution in [0.4, 0.5) is 0 Å². The Morgan fingerprint density at radius 1 is 1.33 bits per heavy atom. The minimum Gasteiger partial charge on any atom is -0.396 e. The van der Waals surface area contributed by atoms with E-state index in [-0.39, 0.29) is 18.9 Å². The van der Waals surface area contributed by atoms with Gasteiger partial charge in [-0.3, -0.25) is 4.79 Å². The quantitative estimate of drug-likeness (QED) is 0.467. The number of aliphatic hydroxyl groups excluding tert-OH is 1. The molecule has 0 atom stereocenters. The van der Waals surface area contributed by atoms with Crippen LogP contribution in [0.1, 0.15) is 20.3 Å². The molecule has 0 fully saturated rings. The Kier molecular flexibility index (Phi) is 5.51. The number of nitrogens with zero attached hydrogens (tertiary/aromatic N) is 1. The van der Waals surface area contributed by atoms with Crippen LogP contribution in [0.3, 0.4) is 0 Å². The monoisotopic (exact) mass is 165 g/mol. The van der Waals surface area contributed by atoms with Gasteiger partial charge in [-0.15, -0.1) is 0 Å². The van der Waals surface area contributed by atoms with Crippen molar-refractivity contribution >= 4 is 5.91 Å². The van der Waals surface area contributed by atoms with E-state index in [4.69, 9.17) is 5.11 Å². The number of rotatable bonds is 2. The summed E-state index contributed by atoms with van der Waals surface area (Å²) in [6.07, 6.45) is 0.0589. The lowest BCUT2D eigenvalue weighted by molar-refractivity contribution is -0.126. The number of aliphatic hydroxyl groups is 1. The molecular weight excluding hydrogens is 154 g/mol. The molecule has 12 heavy (non-hydrogen) atoms. The molecule has 1 amide bonds. The average molecular weight is 165 g/mol. The van der Waals surface area contributed by atoms with Crippen LogP contribution in [0.15, 0.2) is 0 Å². The van der Waals surface area contributed by atoms with Crippen molar-refractivity contribution in [1.29, 1.82) is 0 Å². The number of hydrogen-bond donors (Lipinski definition) is 1. The first kappa shape index (κ1) is 10.6. The second-order valence-corrected chi connectivity index (χ2v) is 1.93. The van der Waals surface area contributed by atoms with E-state index in [2.05, 4.69) is 23.9 Å². The van der Waals surface area contributed by atoms with E-state index in [0.29, 0.717) is 0 Å². The van der Waals surface area contributed by atoms with Crippen molar-refractivity contribution < 1.29 is 9.90 Å². The minimum atomic E-state index is -0.277. The first-order valence-corrected chi connectivity index (χ1v) is 3.54. The Morgan fingerprint density at radius 3 is 2.17 bits per heavy atom. The van der Waals surface area contributed by atoms with Crippen molar-refractivity contribution in [3.8, 4) is 23.9 Å². The molecule has 3 heteroatoms. The van der Waals surface area contributed by atoms with Gasteiger partial charge in [0.1, 0.15) is 0 Å². The number of carbonyl (C=O) groups excluding carboxylic acids is 1. The van der Waals surface area contributed by atoms with Crippen molar-refractivity contribution in [2.45, 2.75) is 20.3 Å². The van der Waals surface area contributed by atoms with Crippen LogP contribution in [0.5, 0.6) is 0 Å². The molecule has 0 aliphatic rings. The Labute approximate surface area is 72.4 Å². The van der Waals surface area contributed by atoms with Crippen LogP contribution in [0.25, 0.3) is 0 Å². The summed E-state index contributed by atoms with van der Waals surface area (Å²) in [4.78, 5) is 12.2. The third-order valence-corrected chi connectivity index (χ3v) is 1.02. The average Bonchev–Trinajstić information content (AvgIpc) is 2.04. The highest BCUT2D eigenvalue weighted by Gasteiger charge is 2.06. The van der Waals surface area contributed by atoms with Crippen LogP contribution in [-0.4, -0.2) is 22.5 Å². The number of amides is 1. The molecule has 0 unspecified atom stereocenters. The van der Waals surface area contributed by atoms with Crippen LogP contribution < -0.4 is 0 Å². The Balaban J connectivity index is 4.33. The van der Waals surface area contributed by atoms with E-state index in [1.165, 1.54) is 0 Å². The van der Waals surface area contributed by atoms with E-state index in [0.717, 1.165) is 4.90 Å². The summed E-state index contributed by atoms with van der Waals surface area (Å²) in [5.74, 6) is 4.85. The highest BCUT2D eigenvalue weighted by Crippen LogP contribution is 1.89. The summed E-state index contributed by atoms with van der Waals surface area (Å²) in [5, 5.41) is 8.48. The highest BCUT2D eigenvalue weighted by molar-refractivity contribution is 5.80. The first-order valence-electron chi connectivity index (χ1n) is 3.54. The molecule has 0 aromatic heterocycles. The van der Waals surface area contributed by atoms with Gasteiger partial charge in [0.2, 0.25) is 5.91 Å². The van der Waals surface area contributed by atoms with E-state index in [1.807, 2.05) is 0 Å². The Bertz CT molecular complexity index is 242. The highest BCUT2D eigenvalue weighted by atomic mass is 16.3. The van der Waals surface area contributed by atoms with Gasteiger partial charge in [-0.25, -0.2) is 0 Å². The van der Waals surface area contributed by atoms with Gasteiger partial charge in [0.25, 0.3) is 0 Å². The molecule has 0 rings (SSSR count). The van der Waals surface area contributed by atoms with Crippen LogP contribution in [0.2, 0.25) is 0 Å². The summed E-state index contributed by atoms with van der Waals surface area (Å²) in [6.45, 7) is 3.07. The summed E-state index contributed by atoms with van der Waals surface area (Å²) < 4.78 is 0. The molecule has 0 spiro atoms. The summed E-state index contributed by atoms with van der Waals surface area (Å²) >= 11 is 0. The molecule has 0 radical (unpaired) electrons. The molecule has 64 valence electrons. The second kappa shape index (κ2) is 6.27. The standard InChI is InChI=1S/C9H11NO2/c1-3-6-10(7-4-2)9(12)5-8-11/h11H,5,8H2,1-2H3. The maximum Gasteiger partial charge on any atom is 0.248 e. The zero-order chi connectivity index (χ0) is 9.40. The lowest BCUT2D eigenvalue weighted by Gasteiger charge is -2.04. The van der Waals surface area contributed by atoms with Gasteiger partial charge in [-0.05, 0) is 13.8 Å². The van der Waals surface area contributed by atoms with Crippen molar-refractivity contribution in [2.75, 3.05) is 6.61 Å². The smallest absolute Gasteiger partial charge is 0.248 e. The van der Waals surface area contributed by atoms with Gasteiger partial charge in [0, 0.05) is 12.1 Å². The maximum absolute atomic E-state index is 11.1. The fourth-order valence-electron chi connectivity index (χ4n) is 0.584. The van der Waals surface area contributed by atoms with Crippen molar-refractivity contribution in [3.63, 3.8) is 0 Å². The number of carbonyl (C=O) groups is 1. The van der Waals surface area contributed by atoms with Gasteiger partial charge >= 0.3 is 0 Å². The zero-order valence-corrected chi connectivity index (χ0v) is 7.22. The van der Waals surface area contributed by atoms with Gasteiger partial charge in [-0.2, -0.15) is 4.90 Å². The second-order valence-electron chi connectivity index (χ2n) is 1.93. The third-order valence-electron chi connectivity index (χ3n) is 1.02. The third kappa shape index (κ3) is 3.65. The van der Waals surface area contributed by atoms with E-state index < -0.39 is 0 Å². The molecular formula is C9H11NO2. The Morgan fingerprint density at radius 2 is 1.83 bits per heavy atom. The molecule has 0 aliphatic carbocycles. The van der Waals surface area contributed by atoms with Crippen molar-refractivity contribution in [2.24, 2.45) is 0 Å². The van der Waals surface area contributed by atoms with Crippen LogP contribution >= 0.6 is 0 Å².